The third kappa shape index (κ3) is 13.4. The third-order valence-corrected chi connectivity index (χ3v) is 11.4. The van der Waals surface area contributed by atoms with Gasteiger partial charge in [-0.25, -0.2) is 9.98 Å². The number of nitrogens with zero attached hydrogens (tertiary/aromatic N) is 4. The van der Waals surface area contributed by atoms with Crippen molar-refractivity contribution in [2.75, 3.05) is 4.90 Å². The fourth-order valence-corrected chi connectivity index (χ4v) is 7.96. The standard InChI is InChI=1S/C58H54N4.3C2H6/c1-8-11-22-44(9-2)46-33-36-51(37-34-46)62(53-35-32-41(4)45(10-3)38-53)52-29-19-27-49(39-52)55-31-18-21-42(5)56(55)54-30-20-28-50(43(54)6)40-60-58(48-25-16-13-17-26-48)61-57(59-7)47-23-14-12-15-24-47;3*1-2/h8-16,18-25,27-39H,2-3,7,17,26,40H2,1,4-6H3;3*1-2H3/b11-8-,44-22+,60-58?,61-57?;;;. The molecule has 0 aromatic heterocycles. The summed E-state index contributed by atoms with van der Waals surface area (Å²) in [6.07, 6.45) is 18.2. The number of amidine groups is 2. The Kier molecular flexibility index (Phi) is 21.8. The third-order valence-electron chi connectivity index (χ3n) is 11.4. The Morgan fingerprint density at radius 3 is 2.00 bits per heavy atom. The Hall–Kier alpha value is -7.43. The van der Waals surface area contributed by atoms with Gasteiger partial charge in [-0.15, -0.1) is 0 Å². The van der Waals surface area contributed by atoms with E-state index < -0.39 is 0 Å². The molecule has 0 heterocycles. The minimum absolute atomic E-state index is 0.478. The maximum Gasteiger partial charge on any atom is 0.160 e. The molecule has 1 aliphatic carbocycles. The van der Waals surface area contributed by atoms with Crippen LogP contribution in [0.1, 0.15) is 100 Å². The van der Waals surface area contributed by atoms with E-state index in [1.807, 2.05) is 103 Å². The summed E-state index contributed by atoms with van der Waals surface area (Å²) >= 11 is 0. The van der Waals surface area contributed by atoms with E-state index in [0.29, 0.717) is 18.2 Å². The summed E-state index contributed by atoms with van der Waals surface area (Å²) < 4.78 is 0. The molecule has 0 radical (unpaired) electrons. The molecule has 6 aromatic carbocycles. The second kappa shape index (κ2) is 27.9. The van der Waals surface area contributed by atoms with Gasteiger partial charge in [0.05, 0.1) is 6.54 Å². The van der Waals surface area contributed by atoms with E-state index >= 15 is 0 Å². The minimum atomic E-state index is 0.478. The van der Waals surface area contributed by atoms with Crippen LogP contribution in [-0.4, -0.2) is 18.4 Å². The first kappa shape index (κ1) is 53.2. The average molecular weight is 897 g/mol. The number of anilines is 3. The van der Waals surface area contributed by atoms with Gasteiger partial charge in [0.15, 0.2) is 11.7 Å². The van der Waals surface area contributed by atoms with Gasteiger partial charge < -0.3 is 4.90 Å². The zero-order valence-corrected chi connectivity index (χ0v) is 42.4. The molecule has 7 rings (SSSR count). The first-order chi connectivity index (χ1) is 33.3. The van der Waals surface area contributed by atoms with Crippen molar-refractivity contribution in [3.8, 4) is 22.3 Å². The lowest BCUT2D eigenvalue weighted by atomic mass is 9.87. The molecule has 348 valence electrons. The number of aryl methyl sites for hydroxylation is 2. The van der Waals surface area contributed by atoms with Crippen LogP contribution in [0.3, 0.4) is 0 Å². The topological polar surface area (TPSA) is 40.3 Å². The highest BCUT2D eigenvalue weighted by Gasteiger charge is 2.19. The van der Waals surface area contributed by atoms with Crippen LogP contribution in [0, 0.1) is 20.8 Å². The van der Waals surface area contributed by atoms with Gasteiger partial charge in [0, 0.05) is 22.6 Å². The Balaban J connectivity index is 0.00000162. The van der Waals surface area contributed by atoms with Gasteiger partial charge in [0.25, 0.3) is 0 Å². The maximum atomic E-state index is 5.19. The molecular formula is C64H72N4. The van der Waals surface area contributed by atoms with E-state index in [4.69, 9.17) is 9.98 Å². The van der Waals surface area contributed by atoms with Gasteiger partial charge in [0.2, 0.25) is 0 Å². The quantitative estimate of drug-likeness (QED) is 0.0647. The molecule has 6 aromatic rings. The molecule has 0 saturated carbocycles. The highest BCUT2D eigenvalue weighted by Crippen LogP contribution is 2.42. The molecular weight excluding hydrogens is 825 g/mol. The van der Waals surface area contributed by atoms with E-state index in [9.17, 15) is 0 Å². The number of benzene rings is 6. The molecule has 0 bridgehead atoms. The fraction of sp³-hybridized carbons (Fsp3) is 0.203. The van der Waals surface area contributed by atoms with Crippen LogP contribution in [-0.2, 0) is 6.54 Å². The number of aliphatic imine (C=N–C) groups is 3. The molecule has 4 nitrogen and oxygen atoms in total. The van der Waals surface area contributed by atoms with Crippen molar-refractivity contribution in [2.45, 2.75) is 88.6 Å². The largest absolute Gasteiger partial charge is 0.310 e. The maximum absolute atomic E-state index is 5.19. The Morgan fingerprint density at radius 1 is 0.662 bits per heavy atom. The summed E-state index contributed by atoms with van der Waals surface area (Å²) in [6.45, 7) is 33.1. The van der Waals surface area contributed by atoms with Crippen molar-refractivity contribution in [2.24, 2.45) is 15.0 Å². The SMILES string of the molecule is C=C/C(=C\C=C/C)c1ccc(N(c2cccc(-c3cccc(C)c3-c3cccc(CN=C(N=C(N=C)c4ccccc4)C4=CC=CCC4)c3C)c2)c2ccc(C)c(C=C)c2)cc1.CC.CC.CC. The molecule has 0 spiro atoms. The van der Waals surface area contributed by atoms with E-state index in [0.717, 1.165) is 68.9 Å². The molecule has 68 heavy (non-hydrogen) atoms. The summed E-state index contributed by atoms with van der Waals surface area (Å²) in [4.78, 5) is 16.8. The Morgan fingerprint density at radius 2 is 1.34 bits per heavy atom. The van der Waals surface area contributed by atoms with Gasteiger partial charge in [-0.3, -0.25) is 4.99 Å². The molecule has 1 aliphatic rings. The molecule has 0 unspecified atom stereocenters. The lowest BCUT2D eigenvalue weighted by Crippen LogP contribution is -2.10. The second-order valence-electron chi connectivity index (χ2n) is 15.4. The molecule has 0 atom stereocenters. The van der Waals surface area contributed by atoms with Gasteiger partial charge in [0.1, 0.15) is 0 Å². The lowest BCUT2D eigenvalue weighted by Gasteiger charge is -2.27. The van der Waals surface area contributed by atoms with Crippen LogP contribution in [0.25, 0.3) is 33.9 Å². The highest BCUT2D eigenvalue weighted by molar-refractivity contribution is 6.12. The van der Waals surface area contributed by atoms with Gasteiger partial charge in [-0.2, -0.15) is 0 Å². The number of allylic oxidation sites excluding steroid dienone is 8. The molecule has 0 aliphatic heterocycles. The zero-order valence-electron chi connectivity index (χ0n) is 42.4. The summed E-state index contributed by atoms with van der Waals surface area (Å²) in [5.74, 6) is 1.26. The van der Waals surface area contributed by atoms with E-state index in [1.165, 1.54) is 33.4 Å². The second-order valence-corrected chi connectivity index (χ2v) is 15.4. The molecule has 0 amide bonds. The van der Waals surface area contributed by atoms with Crippen molar-refractivity contribution in [3.63, 3.8) is 0 Å². The van der Waals surface area contributed by atoms with Gasteiger partial charge >= 0.3 is 0 Å². The van der Waals surface area contributed by atoms with Crippen LogP contribution >= 0.6 is 0 Å². The molecule has 0 fully saturated rings. The smallest absolute Gasteiger partial charge is 0.160 e. The summed E-state index contributed by atoms with van der Waals surface area (Å²) in [5, 5.41) is 0. The average Bonchev–Trinajstić information content (AvgIpc) is 3.40. The highest BCUT2D eigenvalue weighted by atomic mass is 15.1. The molecule has 4 heteroatoms. The van der Waals surface area contributed by atoms with Crippen LogP contribution < -0.4 is 4.90 Å². The summed E-state index contributed by atoms with van der Waals surface area (Å²) in [7, 11) is 0. The van der Waals surface area contributed by atoms with Crippen molar-refractivity contribution in [3.05, 3.63) is 234 Å². The molecule has 0 saturated heterocycles. The predicted molar refractivity (Wildman–Crippen MR) is 303 cm³/mol. The van der Waals surface area contributed by atoms with Crippen molar-refractivity contribution >= 4 is 47.1 Å². The number of hydrogen-bond acceptors (Lipinski definition) is 2. The van der Waals surface area contributed by atoms with Crippen molar-refractivity contribution in [1.29, 1.82) is 0 Å². The minimum Gasteiger partial charge on any atom is -0.310 e. The fourth-order valence-electron chi connectivity index (χ4n) is 7.96. The van der Waals surface area contributed by atoms with E-state index in [2.05, 4.69) is 178 Å². The van der Waals surface area contributed by atoms with Gasteiger partial charge in [-0.05, 0) is 150 Å². The normalized spacial score (nSPS) is 12.3. The van der Waals surface area contributed by atoms with Crippen LogP contribution in [0.15, 0.2) is 210 Å². The van der Waals surface area contributed by atoms with Gasteiger partial charge in [-0.1, -0.05) is 200 Å². The van der Waals surface area contributed by atoms with Crippen molar-refractivity contribution in [1.82, 2.24) is 0 Å². The first-order valence-corrected chi connectivity index (χ1v) is 24.2. The Labute approximate surface area is 409 Å². The van der Waals surface area contributed by atoms with Crippen LogP contribution in [0.2, 0.25) is 0 Å². The zero-order chi connectivity index (χ0) is 49.4. The van der Waals surface area contributed by atoms with Crippen LogP contribution in [0.4, 0.5) is 17.1 Å². The number of hydrogen-bond donors (Lipinski definition) is 0. The molecule has 0 N–H and O–H groups in total. The first-order valence-electron chi connectivity index (χ1n) is 24.2. The number of rotatable bonds is 13. The van der Waals surface area contributed by atoms with E-state index in [-0.39, 0.29) is 0 Å². The predicted octanol–water partition coefficient (Wildman–Crippen LogP) is 18.6. The Bertz CT molecular complexity index is 2790. The lowest BCUT2D eigenvalue weighted by molar-refractivity contribution is 0.980. The summed E-state index contributed by atoms with van der Waals surface area (Å²) in [6, 6.07) is 47.3. The van der Waals surface area contributed by atoms with Crippen LogP contribution in [0.5, 0.6) is 0 Å². The summed E-state index contributed by atoms with van der Waals surface area (Å²) in [5.41, 5.74) is 17.9. The van der Waals surface area contributed by atoms with Crippen molar-refractivity contribution < 1.29 is 0 Å². The monoisotopic (exact) mass is 897 g/mol. The van der Waals surface area contributed by atoms with E-state index in [1.54, 1.807) is 0 Å².